The predicted octanol–water partition coefficient (Wildman–Crippen LogP) is 12.3. The molecule has 0 aromatic heterocycles. The van der Waals surface area contributed by atoms with Crippen LogP contribution in [0.3, 0.4) is 0 Å². The van der Waals surface area contributed by atoms with Crippen molar-refractivity contribution < 1.29 is 0 Å². The van der Waals surface area contributed by atoms with E-state index in [2.05, 4.69) is 193 Å². The fourth-order valence-electron chi connectivity index (χ4n) is 8.49. The Balaban J connectivity index is 1.26. The van der Waals surface area contributed by atoms with Gasteiger partial charge in [0.1, 0.15) is 0 Å². The van der Waals surface area contributed by atoms with Gasteiger partial charge in [-0.25, -0.2) is 0 Å². The summed E-state index contributed by atoms with van der Waals surface area (Å²) in [6.45, 7) is 0. The van der Waals surface area contributed by atoms with Gasteiger partial charge in [0.15, 0.2) is 0 Å². The summed E-state index contributed by atoms with van der Waals surface area (Å²) >= 11 is 0. The van der Waals surface area contributed by atoms with E-state index in [0.717, 1.165) is 17.1 Å². The minimum absolute atomic E-state index is 0.452. The van der Waals surface area contributed by atoms with Crippen molar-refractivity contribution in [3.8, 4) is 33.4 Å². The van der Waals surface area contributed by atoms with Gasteiger partial charge in [0, 0.05) is 17.1 Å². The lowest BCUT2D eigenvalue weighted by Gasteiger charge is -2.40. The molecule has 0 heterocycles. The molecule has 0 aliphatic heterocycles. The molecule has 0 amide bonds. The van der Waals surface area contributed by atoms with Crippen molar-refractivity contribution in [1.29, 1.82) is 0 Å². The fourth-order valence-corrected chi connectivity index (χ4v) is 8.49. The second-order valence-electron chi connectivity index (χ2n) is 12.9. The van der Waals surface area contributed by atoms with E-state index in [9.17, 15) is 0 Å². The largest absolute Gasteiger partial charge is 0.310 e. The molecule has 224 valence electrons. The van der Waals surface area contributed by atoms with E-state index in [1.54, 1.807) is 0 Å². The number of fused-ring (bicyclic) bond motifs is 6. The van der Waals surface area contributed by atoms with Gasteiger partial charge in [-0.15, -0.1) is 0 Å². The maximum Gasteiger partial charge on any atom is 0.0726 e. The Kier molecular flexibility index (Phi) is 5.86. The summed E-state index contributed by atoms with van der Waals surface area (Å²) in [6, 6.07) is 69.2. The average Bonchev–Trinajstić information content (AvgIpc) is 3.47. The third-order valence-electron chi connectivity index (χ3n) is 10.5. The number of rotatable bonds is 5. The topological polar surface area (TPSA) is 3.24 Å². The van der Waals surface area contributed by atoms with E-state index < -0.39 is 5.41 Å². The van der Waals surface area contributed by atoms with Crippen LogP contribution in [0, 0.1) is 0 Å². The maximum atomic E-state index is 2.47. The summed E-state index contributed by atoms with van der Waals surface area (Å²) in [4.78, 5) is 2.40. The van der Waals surface area contributed by atoms with E-state index in [1.807, 2.05) is 0 Å². The lowest BCUT2D eigenvalue weighted by Crippen LogP contribution is -2.31. The van der Waals surface area contributed by atoms with Gasteiger partial charge in [0.05, 0.1) is 5.41 Å². The minimum Gasteiger partial charge on any atom is -0.310 e. The molecule has 0 saturated carbocycles. The first-order chi connectivity index (χ1) is 23.8. The summed E-state index contributed by atoms with van der Waals surface area (Å²) in [5, 5.41) is 2.66. The molecule has 0 radical (unpaired) electrons. The van der Waals surface area contributed by atoms with Crippen LogP contribution in [0.25, 0.3) is 44.2 Å². The van der Waals surface area contributed by atoms with Crippen LogP contribution in [-0.4, -0.2) is 0 Å². The highest BCUT2D eigenvalue weighted by Gasteiger charge is 2.50. The lowest BCUT2D eigenvalue weighted by atomic mass is 9.62. The zero-order chi connectivity index (χ0) is 31.7. The smallest absolute Gasteiger partial charge is 0.0726 e. The predicted molar refractivity (Wildman–Crippen MR) is 200 cm³/mol. The monoisotopic (exact) mass is 609 g/mol. The summed E-state index contributed by atoms with van der Waals surface area (Å²) in [7, 11) is 0. The number of anilines is 3. The quantitative estimate of drug-likeness (QED) is 0.188. The molecule has 0 fully saturated rings. The van der Waals surface area contributed by atoms with Gasteiger partial charge in [0.2, 0.25) is 0 Å². The minimum atomic E-state index is -0.452. The third-order valence-corrected chi connectivity index (χ3v) is 10.5. The van der Waals surface area contributed by atoms with Crippen molar-refractivity contribution in [2.24, 2.45) is 0 Å². The third kappa shape index (κ3) is 3.73. The Morgan fingerprint density at radius 1 is 0.354 bits per heavy atom. The number of benzene rings is 8. The van der Waals surface area contributed by atoms with Crippen molar-refractivity contribution in [2.75, 3.05) is 4.90 Å². The van der Waals surface area contributed by atoms with Crippen molar-refractivity contribution in [3.63, 3.8) is 0 Å². The molecule has 1 nitrogen and oxygen atoms in total. The molecule has 0 N–H and O–H groups in total. The second-order valence-corrected chi connectivity index (χ2v) is 12.9. The fraction of sp³-hybridized carbons (Fsp3) is 0.0213. The molecule has 1 unspecified atom stereocenters. The van der Waals surface area contributed by atoms with Crippen LogP contribution in [0.2, 0.25) is 0 Å². The van der Waals surface area contributed by atoms with Crippen LogP contribution < -0.4 is 4.90 Å². The highest BCUT2D eigenvalue weighted by atomic mass is 15.1. The number of nitrogens with zero attached hydrogens (tertiary/aromatic N) is 1. The lowest BCUT2D eigenvalue weighted by molar-refractivity contribution is 0.773. The summed E-state index contributed by atoms with van der Waals surface area (Å²) in [6.07, 6.45) is 0. The van der Waals surface area contributed by atoms with Crippen LogP contribution in [0.15, 0.2) is 188 Å². The SMILES string of the molecule is c1ccc(-c2ccc(N(c3ccccc3)c3ccc4c(c3)C3(c5ccccc5)c5ccccc5-c5cccc6ccc-4c3c56)cc2)cc1. The van der Waals surface area contributed by atoms with Gasteiger partial charge in [-0.1, -0.05) is 152 Å². The Morgan fingerprint density at radius 2 is 0.938 bits per heavy atom. The first-order valence-electron chi connectivity index (χ1n) is 16.7. The molecule has 0 spiro atoms. The molecule has 8 aromatic carbocycles. The zero-order valence-electron chi connectivity index (χ0n) is 26.3. The van der Waals surface area contributed by atoms with Gasteiger partial charge in [-0.3, -0.25) is 0 Å². The molecule has 0 saturated heterocycles. The summed E-state index contributed by atoms with van der Waals surface area (Å²) < 4.78 is 0. The maximum absolute atomic E-state index is 2.47. The van der Waals surface area contributed by atoms with E-state index in [0.29, 0.717) is 0 Å². The Labute approximate surface area is 281 Å². The summed E-state index contributed by atoms with van der Waals surface area (Å²) in [5.41, 5.74) is 16.0. The standard InChI is InChI=1S/C47H31N/c1-4-13-32(14-5-1)33-23-26-37(27-24-33)48(36-18-8-3-9-19-36)38-28-30-40-42-29-25-34-15-12-21-41-39-20-10-11-22-43(39)47(44(40)31-38,46(42)45(34)41)35-16-6-2-7-17-35/h1-31H. The van der Waals surface area contributed by atoms with Gasteiger partial charge in [-0.2, -0.15) is 0 Å². The van der Waals surface area contributed by atoms with E-state index in [4.69, 9.17) is 0 Å². The molecule has 1 atom stereocenters. The highest BCUT2D eigenvalue weighted by molar-refractivity contribution is 6.11. The van der Waals surface area contributed by atoms with Crippen molar-refractivity contribution >= 4 is 27.8 Å². The Bertz CT molecular complexity index is 2480. The molecule has 0 bridgehead atoms. The molecular weight excluding hydrogens is 579 g/mol. The summed E-state index contributed by atoms with van der Waals surface area (Å²) in [5.74, 6) is 0. The number of hydrogen-bond acceptors (Lipinski definition) is 1. The van der Waals surface area contributed by atoms with Gasteiger partial charge < -0.3 is 4.90 Å². The van der Waals surface area contributed by atoms with E-state index in [-0.39, 0.29) is 0 Å². The van der Waals surface area contributed by atoms with Gasteiger partial charge in [0.25, 0.3) is 0 Å². The number of hydrogen-bond donors (Lipinski definition) is 0. The Hall–Kier alpha value is -6.18. The molecule has 1 heteroatoms. The van der Waals surface area contributed by atoms with Crippen LogP contribution >= 0.6 is 0 Å². The van der Waals surface area contributed by atoms with Crippen molar-refractivity contribution in [1.82, 2.24) is 0 Å². The van der Waals surface area contributed by atoms with E-state index in [1.165, 1.54) is 66.4 Å². The number of para-hydroxylation sites is 1. The molecule has 8 aromatic rings. The van der Waals surface area contributed by atoms with Crippen LogP contribution in [-0.2, 0) is 5.41 Å². The van der Waals surface area contributed by atoms with Crippen LogP contribution in [0.1, 0.15) is 22.3 Å². The average molecular weight is 610 g/mol. The van der Waals surface area contributed by atoms with Crippen LogP contribution in [0.4, 0.5) is 17.1 Å². The first-order valence-corrected chi connectivity index (χ1v) is 16.7. The van der Waals surface area contributed by atoms with Crippen LogP contribution in [0.5, 0.6) is 0 Å². The van der Waals surface area contributed by atoms with Gasteiger partial charge in [-0.05, 0) is 103 Å². The van der Waals surface area contributed by atoms with Gasteiger partial charge >= 0.3 is 0 Å². The normalized spacial score (nSPS) is 15.2. The molecule has 2 aliphatic carbocycles. The second kappa shape index (κ2) is 10.4. The molecule has 10 rings (SSSR count). The first kappa shape index (κ1) is 27.0. The Morgan fingerprint density at radius 3 is 1.73 bits per heavy atom. The highest BCUT2D eigenvalue weighted by Crippen LogP contribution is 2.63. The molecule has 48 heavy (non-hydrogen) atoms. The molecular formula is C47H31N. The van der Waals surface area contributed by atoms with Crippen molar-refractivity contribution in [2.45, 2.75) is 5.41 Å². The van der Waals surface area contributed by atoms with Crippen molar-refractivity contribution in [3.05, 3.63) is 210 Å². The zero-order valence-corrected chi connectivity index (χ0v) is 26.3. The molecule has 2 aliphatic rings. The van der Waals surface area contributed by atoms with E-state index >= 15 is 0 Å².